The predicted octanol–water partition coefficient (Wildman–Crippen LogP) is 4.47. The number of ether oxygens (including phenoxy) is 2. The Labute approximate surface area is 208 Å². The van der Waals surface area contributed by atoms with Gasteiger partial charge in [-0.2, -0.15) is 0 Å². The maximum atomic E-state index is 12.7. The Morgan fingerprint density at radius 2 is 1.34 bits per heavy atom. The topological polar surface area (TPSA) is 88.1 Å². The van der Waals surface area contributed by atoms with Gasteiger partial charge in [0.15, 0.2) is 0 Å². The summed E-state index contributed by atoms with van der Waals surface area (Å²) in [7, 11) is 0. The van der Waals surface area contributed by atoms with E-state index in [-0.39, 0.29) is 6.54 Å². The molecule has 1 saturated heterocycles. The number of hydrogen-bond donors (Lipinski definition) is 0. The number of amides is 2. The largest absolute Gasteiger partial charge is 0.443 e. The second-order valence-electron chi connectivity index (χ2n) is 10.7. The molecule has 2 amide bonds. The van der Waals surface area contributed by atoms with Crippen molar-refractivity contribution in [2.24, 2.45) is 0 Å². The van der Waals surface area contributed by atoms with Crippen LogP contribution in [0.3, 0.4) is 0 Å². The van der Waals surface area contributed by atoms with E-state index in [0.29, 0.717) is 11.5 Å². The molecule has 0 atom stereocenters. The summed E-state index contributed by atoms with van der Waals surface area (Å²) in [6.07, 6.45) is 1.73. The summed E-state index contributed by atoms with van der Waals surface area (Å²) in [4.78, 5) is 39.9. The fourth-order valence-electron chi connectivity index (χ4n) is 3.56. The molecule has 1 aromatic heterocycles. The highest BCUT2D eigenvalue weighted by Crippen LogP contribution is 2.18. The first-order valence-corrected chi connectivity index (χ1v) is 12.0. The van der Waals surface area contributed by atoms with Crippen LogP contribution in [0.1, 0.15) is 52.7 Å². The van der Waals surface area contributed by atoms with Crippen molar-refractivity contribution in [3.8, 4) is 0 Å². The van der Waals surface area contributed by atoms with E-state index in [1.807, 2.05) is 6.07 Å². The molecule has 0 radical (unpaired) electrons. The predicted molar refractivity (Wildman–Crippen MR) is 134 cm³/mol. The van der Waals surface area contributed by atoms with Gasteiger partial charge in [-0.05, 0) is 47.1 Å². The lowest BCUT2D eigenvalue weighted by Crippen LogP contribution is -2.46. The molecule has 0 spiro atoms. The van der Waals surface area contributed by atoms with Crippen LogP contribution >= 0.6 is 0 Å². The number of carbonyl (C=O) groups excluding carboxylic acids is 2. The lowest BCUT2D eigenvalue weighted by Gasteiger charge is -2.34. The third kappa shape index (κ3) is 8.51. The lowest BCUT2D eigenvalue weighted by molar-refractivity contribution is -0.000274. The molecular formula is C26H37N5O4. The third-order valence-electron chi connectivity index (χ3n) is 5.16. The van der Waals surface area contributed by atoms with Gasteiger partial charge in [-0.3, -0.25) is 4.90 Å². The van der Waals surface area contributed by atoms with Crippen molar-refractivity contribution in [3.63, 3.8) is 0 Å². The van der Waals surface area contributed by atoms with E-state index in [1.54, 1.807) is 53.9 Å². The summed E-state index contributed by atoms with van der Waals surface area (Å²) in [5, 5.41) is 0. The van der Waals surface area contributed by atoms with Crippen molar-refractivity contribution >= 4 is 18.1 Å². The van der Waals surface area contributed by atoms with Crippen LogP contribution in [-0.4, -0.2) is 69.3 Å². The summed E-state index contributed by atoms with van der Waals surface area (Å²) < 4.78 is 10.8. The summed E-state index contributed by atoms with van der Waals surface area (Å²) in [6.45, 7) is 14.9. The van der Waals surface area contributed by atoms with Gasteiger partial charge in [0.25, 0.3) is 0 Å². The van der Waals surface area contributed by atoms with Crippen molar-refractivity contribution in [2.45, 2.75) is 65.8 Å². The zero-order chi connectivity index (χ0) is 25.6. The molecule has 3 rings (SSSR count). The second-order valence-corrected chi connectivity index (χ2v) is 10.7. The van der Waals surface area contributed by atoms with E-state index in [0.717, 1.165) is 37.6 Å². The van der Waals surface area contributed by atoms with Crippen LogP contribution in [0.15, 0.2) is 42.7 Å². The SMILES string of the molecule is CC(C)(C)OC(=O)N(Cc1cnc(N2CCN(Cc3ccccc3)CC2)nc1)C(=O)OC(C)(C)C. The van der Waals surface area contributed by atoms with E-state index in [9.17, 15) is 9.59 Å². The van der Waals surface area contributed by atoms with Gasteiger partial charge in [0.1, 0.15) is 11.2 Å². The molecule has 1 fully saturated rings. The molecule has 0 saturated carbocycles. The highest BCUT2D eigenvalue weighted by molar-refractivity contribution is 5.88. The summed E-state index contributed by atoms with van der Waals surface area (Å²) >= 11 is 0. The fourth-order valence-corrected chi connectivity index (χ4v) is 3.56. The van der Waals surface area contributed by atoms with E-state index in [4.69, 9.17) is 9.47 Å². The van der Waals surface area contributed by atoms with Gasteiger partial charge in [-0.15, -0.1) is 0 Å². The van der Waals surface area contributed by atoms with Crippen molar-refractivity contribution in [1.82, 2.24) is 19.8 Å². The van der Waals surface area contributed by atoms with E-state index in [2.05, 4.69) is 44.0 Å². The monoisotopic (exact) mass is 483 g/mol. The quantitative estimate of drug-likeness (QED) is 0.616. The smallest absolute Gasteiger partial charge is 0.420 e. The maximum Gasteiger partial charge on any atom is 0.420 e. The normalized spacial score (nSPS) is 15.0. The highest BCUT2D eigenvalue weighted by Gasteiger charge is 2.31. The van der Waals surface area contributed by atoms with Gasteiger partial charge in [0.05, 0.1) is 6.54 Å². The Hall–Kier alpha value is -3.20. The van der Waals surface area contributed by atoms with Gasteiger partial charge < -0.3 is 14.4 Å². The number of imide groups is 1. The van der Waals surface area contributed by atoms with Gasteiger partial charge in [0.2, 0.25) is 5.95 Å². The number of hydrogen-bond acceptors (Lipinski definition) is 8. The molecule has 9 heteroatoms. The van der Waals surface area contributed by atoms with E-state index < -0.39 is 23.4 Å². The zero-order valence-corrected chi connectivity index (χ0v) is 21.7. The molecule has 0 bridgehead atoms. The summed E-state index contributed by atoms with van der Waals surface area (Å²) in [5.41, 5.74) is 0.412. The molecule has 1 aliphatic rings. The first-order valence-electron chi connectivity index (χ1n) is 12.0. The minimum Gasteiger partial charge on any atom is -0.443 e. The number of anilines is 1. The van der Waals surface area contributed by atoms with Crippen LogP contribution in [-0.2, 0) is 22.6 Å². The van der Waals surface area contributed by atoms with Crippen LogP contribution in [0, 0.1) is 0 Å². The molecule has 190 valence electrons. The summed E-state index contributed by atoms with van der Waals surface area (Å²) in [6, 6.07) is 10.4. The van der Waals surface area contributed by atoms with Crippen LogP contribution in [0.2, 0.25) is 0 Å². The van der Waals surface area contributed by atoms with Gasteiger partial charge in [-0.25, -0.2) is 24.5 Å². The minimum atomic E-state index is -0.773. The Balaban J connectivity index is 1.61. The second kappa shape index (κ2) is 11.0. The Morgan fingerprint density at radius 3 is 1.83 bits per heavy atom. The number of rotatable bonds is 5. The van der Waals surface area contributed by atoms with Crippen LogP contribution in [0.25, 0.3) is 0 Å². The molecule has 35 heavy (non-hydrogen) atoms. The molecule has 0 unspecified atom stereocenters. The first kappa shape index (κ1) is 26.4. The van der Waals surface area contributed by atoms with Crippen LogP contribution in [0.4, 0.5) is 15.5 Å². The van der Waals surface area contributed by atoms with Crippen LogP contribution in [0.5, 0.6) is 0 Å². The van der Waals surface area contributed by atoms with Gasteiger partial charge in [0, 0.05) is 50.7 Å². The van der Waals surface area contributed by atoms with E-state index in [1.165, 1.54) is 5.56 Å². The molecule has 9 nitrogen and oxygen atoms in total. The Kier molecular flexibility index (Phi) is 8.32. The molecule has 0 aliphatic carbocycles. The average Bonchev–Trinajstić information content (AvgIpc) is 2.77. The molecule has 1 aromatic carbocycles. The molecule has 2 heterocycles. The third-order valence-corrected chi connectivity index (χ3v) is 5.16. The molecule has 1 aliphatic heterocycles. The first-order chi connectivity index (χ1) is 16.4. The number of piperazine rings is 1. The summed E-state index contributed by atoms with van der Waals surface area (Å²) in [5.74, 6) is 0.634. The standard InChI is InChI=1S/C26H37N5O4/c1-25(2,3)34-23(32)31(24(33)35-26(4,5)6)19-21-16-27-22(28-17-21)30-14-12-29(13-15-30)18-20-10-8-7-9-11-20/h7-11,16-17H,12-15,18-19H2,1-6H3. The van der Waals surface area contributed by atoms with E-state index >= 15 is 0 Å². The maximum absolute atomic E-state index is 12.7. The van der Waals surface area contributed by atoms with Crippen LogP contribution < -0.4 is 4.90 Å². The highest BCUT2D eigenvalue weighted by atomic mass is 16.6. The lowest BCUT2D eigenvalue weighted by atomic mass is 10.2. The van der Waals surface area contributed by atoms with Crippen molar-refractivity contribution in [3.05, 3.63) is 53.9 Å². The zero-order valence-electron chi connectivity index (χ0n) is 21.7. The minimum absolute atomic E-state index is 0.0467. The Bertz CT molecular complexity index is 948. The average molecular weight is 484 g/mol. The molecule has 0 N–H and O–H groups in total. The molecular weight excluding hydrogens is 446 g/mol. The van der Waals surface area contributed by atoms with Crippen molar-refractivity contribution in [2.75, 3.05) is 31.1 Å². The number of aromatic nitrogens is 2. The van der Waals surface area contributed by atoms with Gasteiger partial charge in [-0.1, -0.05) is 30.3 Å². The van der Waals surface area contributed by atoms with Gasteiger partial charge >= 0.3 is 12.2 Å². The number of nitrogens with zero attached hydrogens (tertiary/aromatic N) is 5. The number of carbonyl (C=O) groups is 2. The van der Waals surface area contributed by atoms with Crippen molar-refractivity contribution in [1.29, 1.82) is 0 Å². The fraction of sp³-hybridized carbons (Fsp3) is 0.538. The Morgan fingerprint density at radius 1 is 0.829 bits per heavy atom. The number of benzene rings is 1. The van der Waals surface area contributed by atoms with Crippen molar-refractivity contribution < 1.29 is 19.1 Å². The molecule has 2 aromatic rings.